The summed E-state index contributed by atoms with van der Waals surface area (Å²) in [6, 6.07) is 23.3. The maximum Gasteiger partial charge on any atom is 0.255 e. The highest BCUT2D eigenvalue weighted by molar-refractivity contribution is 6.04. The molecule has 1 fully saturated rings. The smallest absolute Gasteiger partial charge is 0.255 e. The maximum absolute atomic E-state index is 12.7. The molecule has 6 rings (SSSR count). The van der Waals surface area contributed by atoms with E-state index in [0.29, 0.717) is 29.1 Å². The van der Waals surface area contributed by atoms with Crippen molar-refractivity contribution in [1.82, 2.24) is 5.32 Å². The molecule has 1 amide bonds. The lowest BCUT2D eigenvalue weighted by molar-refractivity contribution is 0.102. The summed E-state index contributed by atoms with van der Waals surface area (Å²) in [4.78, 5) is 15.1. The Labute approximate surface area is 206 Å². The number of hydrogen-bond acceptors (Lipinski definition) is 5. The number of carbonyl (C=O) groups is 1. The van der Waals surface area contributed by atoms with Crippen LogP contribution in [0.4, 0.5) is 11.4 Å². The third-order valence-corrected chi connectivity index (χ3v) is 7.43. The summed E-state index contributed by atoms with van der Waals surface area (Å²) in [5.41, 5.74) is 5.55. The van der Waals surface area contributed by atoms with Gasteiger partial charge in [0.25, 0.3) is 5.91 Å². The number of anilines is 2. The van der Waals surface area contributed by atoms with Crippen LogP contribution in [-0.2, 0) is 6.42 Å². The Balaban J connectivity index is 1.03. The fraction of sp³-hybridized carbons (Fsp3) is 0.345. The third kappa shape index (κ3) is 4.71. The number of aryl methyl sites for hydroxylation is 1. The van der Waals surface area contributed by atoms with Crippen LogP contribution in [0.15, 0.2) is 66.7 Å². The molecule has 2 heterocycles. The lowest BCUT2D eigenvalue weighted by atomic mass is 9.87. The van der Waals surface area contributed by atoms with Crippen LogP contribution in [0, 0.1) is 0 Å². The molecule has 1 unspecified atom stereocenters. The van der Waals surface area contributed by atoms with E-state index < -0.39 is 0 Å². The molecule has 0 radical (unpaired) electrons. The van der Waals surface area contributed by atoms with Crippen molar-refractivity contribution < 1.29 is 14.3 Å². The molecular formula is C29H31N3O3. The number of carbonyl (C=O) groups excluding carboxylic acids is 1. The van der Waals surface area contributed by atoms with Gasteiger partial charge in [0.05, 0.1) is 0 Å². The van der Waals surface area contributed by atoms with Gasteiger partial charge in [-0.25, -0.2) is 0 Å². The van der Waals surface area contributed by atoms with Crippen molar-refractivity contribution in [1.29, 1.82) is 0 Å². The van der Waals surface area contributed by atoms with E-state index in [1.165, 1.54) is 36.1 Å². The topological polar surface area (TPSA) is 62.8 Å². The van der Waals surface area contributed by atoms with Gasteiger partial charge in [-0.15, -0.1) is 0 Å². The average Bonchev–Trinajstić information content (AvgIpc) is 3.38. The SMILES string of the molecule is O=C(Nc1ccc(N2CCC(NC3CCCc4ccccc43)CC2)cc1)c1ccc2c(c1)OCO2. The van der Waals surface area contributed by atoms with Crippen LogP contribution < -0.4 is 25.0 Å². The Kier molecular flexibility index (Phi) is 6.05. The number of rotatable bonds is 5. The van der Waals surface area contributed by atoms with Crippen molar-refractivity contribution in [3.8, 4) is 11.5 Å². The summed E-state index contributed by atoms with van der Waals surface area (Å²) in [5.74, 6) is 1.12. The number of nitrogens with one attached hydrogen (secondary N) is 2. The monoisotopic (exact) mass is 469 g/mol. The molecule has 0 bridgehead atoms. The first kappa shape index (κ1) is 22.0. The zero-order chi connectivity index (χ0) is 23.6. The van der Waals surface area contributed by atoms with E-state index in [4.69, 9.17) is 9.47 Å². The van der Waals surface area contributed by atoms with Gasteiger partial charge >= 0.3 is 0 Å². The number of fused-ring (bicyclic) bond motifs is 2. The van der Waals surface area contributed by atoms with Crippen molar-refractivity contribution in [2.75, 3.05) is 30.1 Å². The second-order valence-electron chi connectivity index (χ2n) is 9.64. The first-order valence-corrected chi connectivity index (χ1v) is 12.6. The van der Waals surface area contributed by atoms with Crippen LogP contribution in [0.3, 0.4) is 0 Å². The Morgan fingerprint density at radius 2 is 1.69 bits per heavy atom. The molecule has 2 N–H and O–H groups in total. The molecule has 3 aromatic carbocycles. The molecule has 6 nitrogen and oxygen atoms in total. The molecule has 3 aliphatic rings. The molecular weight excluding hydrogens is 438 g/mol. The fourth-order valence-electron chi connectivity index (χ4n) is 5.51. The third-order valence-electron chi connectivity index (χ3n) is 7.43. The Hall–Kier alpha value is -3.51. The highest BCUT2D eigenvalue weighted by Crippen LogP contribution is 2.33. The lowest BCUT2D eigenvalue weighted by Gasteiger charge is -2.37. The standard InChI is InChI=1S/C29H31N3O3/c33-29(21-8-13-27-28(18-21)35-19-34-27)31-22-9-11-24(12-10-22)32-16-14-23(15-17-32)30-26-7-3-5-20-4-1-2-6-25(20)26/h1-2,4,6,8-13,18,23,26,30H,3,5,7,14-17,19H2,(H,31,33). The molecule has 0 saturated carbocycles. The predicted octanol–water partition coefficient (Wildman–Crippen LogP) is 5.30. The van der Waals surface area contributed by atoms with E-state index >= 15 is 0 Å². The number of benzene rings is 3. The van der Waals surface area contributed by atoms with Crippen LogP contribution in [0.1, 0.15) is 53.2 Å². The maximum atomic E-state index is 12.7. The van der Waals surface area contributed by atoms with Gasteiger partial charge in [-0.05, 0) is 85.7 Å². The summed E-state index contributed by atoms with van der Waals surface area (Å²) in [7, 11) is 0. The van der Waals surface area contributed by atoms with Gasteiger partial charge in [0.15, 0.2) is 11.5 Å². The molecule has 6 heteroatoms. The minimum Gasteiger partial charge on any atom is -0.454 e. The predicted molar refractivity (Wildman–Crippen MR) is 137 cm³/mol. The number of nitrogens with zero attached hydrogens (tertiary/aromatic N) is 1. The molecule has 3 aromatic rings. The van der Waals surface area contributed by atoms with Crippen LogP contribution >= 0.6 is 0 Å². The summed E-state index contributed by atoms with van der Waals surface area (Å²) >= 11 is 0. The van der Waals surface area contributed by atoms with Crippen molar-refractivity contribution in [2.24, 2.45) is 0 Å². The number of piperidine rings is 1. The molecule has 0 aromatic heterocycles. The van der Waals surface area contributed by atoms with Crippen molar-refractivity contribution in [2.45, 2.75) is 44.2 Å². The quantitative estimate of drug-likeness (QED) is 0.531. The summed E-state index contributed by atoms with van der Waals surface area (Å²) in [6.45, 7) is 2.27. The Bertz CT molecular complexity index is 1200. The van der Waals surface area contributed by atoms with Crippen LogP contribution in [-0.4, -0.2) is 31.8 Å². The van der Waals surface area contributed by atoms with E-state index in [9.17, 15) is 4.79 Å². The highest BCUT2D eigenvalue weighted by atomic mass is 16.7. The highest BCUT2D eigenvalue weighted by Gasteiger charge is 2.25. The molecule has 1 aliphatic carbocycles. The average molecular weight is 470 g/mol. The molecule has 180 valence electrons. The van der Waals surface area contributed by atoms with Crippen molar-refractivity contribution >= 4 is 17.3 Å². The summed E-state index contributed by atoms with van der Waals surface area (Å²) < 4.78 is 10.7. The molecule has 1 atom stereocenters. The van der Waals surface area contributed by atoms with Gasteiger partial charge in [0, 0.05) is 42.1 Å². The van der Waals surface area contributed by atoms with Gasteiger partial charge < -0.3 is 25.0 Å². The second kappa shape index (κ2) is 9.62. The number of ether oxygens (including phenoxy) is 2. The number of hydrogen-bond donors (Lipinski definition) is 2. The van der Waals surface area contributed by atoms with Gasteiger partial charge in [0.2, 0.25) is 6.79 Å². The Morgan fingerprint density at radius 3 is 2.54 bits per heavy atom. The van der Waals surface area contributed by atoms with Crippen molar-refractivity contribution in [3.05, 3.63) is 83.4 Å². The molecule has 2 aliphatic heterocycles. The zero-order valence-corrected chi connectivity index (χ0v) is 19.8. The van der Waals surface area contributed by atoms with E-state index in [2.05, 4.69) is 51.9 Å². The largest absolute Gasteiger partial charge is 0.454 e. The van der Waals surface area contributed by atoms with E-state index in [0.717, 1.165) is 31.6 Å². The van der Waals surface area contributed by atoms with Crippen LogP contribution in [0.2, 0.25) is 0 Å². The van der Waals surface area contributed by atoms with Gasteiger partial charge in [-0.3, -0.25) is 4.79 Å². The van der Waals surface area contributed by atoms with E-state index in [-0.39, 0.29) is 12.7 Å². The number of amides is 1. The summed E-state index contributed by atoms with van der Waals surface area (Å²) in [5, 5.41) is 6.93. The molecule has 1 saturated heterocycles. The summed E-state index contributed by atoms with van der Waals surface area (Å²) in [6.07, 6.45) is 5.99. The zero-order valence-electron chi connectivity index (χ0n) is 19.8. The van der Waals surface area contributed by atoms with E-state index in [1.807, 2.05) is 12.1 Å². The minimum absolute atomic E-state index is 0.160. The Morgan fingerprint density at radius 1 is 0.886 bits per heavy atom. The minimum atomic E-state index is -0.160. The van der Waals surface area contributed by atoms with Crippen LogP contribution in [0.5, 0.6) is 11.5 Å². The van der Waals surface area contributed by atoms with Crippen LogP contribution in [0.25, 0.3) is 0 Å². The fourth-order valence-corrected chi connectivity index (χ4v) is 5.51. The van der Waals surface area contributed by atoms with Gasteiger partial charge in [-0.1, -0.05) is 24.3 Å². The molecule has 0 spiro atoms. The van der Waals surface area contributed by atoms with E-state index in [1.54, 1.807) is 18.2 Å². The normalized spacial score (nSPS) is 19.3. The second-order valence-corrected chi connectivity index (χ2v) is 9.64. The first-order chi connectivity index (χ1) is 17.2. The van der Waals surface area contributed by atoms with Gasteiger partial charge in [-0.2, -0.15) is 0 Å². The lowest BCUT2D eigenvalue weighted by Crippen LogP contribution is -2.44. The molecule has 35 heavy (non-hydrogen) atoms. The first-order valence-electron chi connectivity index (χ1n) is 12.6. The van der Waals surface area contributed by atoms with Gasteiger partial charge in [0.1, 0.15) is 0 Å². The van der Waals surface area contributed by atoms with Crippen molar-refractivity contribution in [3.63, 3.8) is 0 Å².